The molecule has 0 N–H and O–H groups in total. The molecule has 0 amide bonds. The van der Waals surface area contributed by atoms with Gasteiger partial charge in [-0.05, 0) is 62.3 Å². The van der Waals surface area contributed by atoms with Crippen LogP contribution in [-0.2, 0) is 20.7 Å². The maximum absolute atomic E-state index is 12.2. The molecule has 1 heterocycles. The Hall–Kier alpha value is -2.39. The highest BCUT2D eigenvalue weighted by atomic mass is 16.5. The lowest BCUT2D eigenvalue weighted by atomic mass is 9.83. The molecule has 2 aromatic carbocycles. The van der Waals surface area contributed by atoms with E-state index in [2.05, 4.69) is 56.3 Å². The third-order valence-corrected chi connectivity index (χ3v) is 5.85. The summed E-state index contributed by atoms with van der Waals surface area (Å²) in [6.07, 6.45) is 2.66. The lowest BCUT2D eigenvalue weighted by Crippen LogP contribution is -2.24. The van der Waals surface area contributed by atoms with Gasteiger partial charge in [0.05, 0.1) is 19.3 Å². The Labute approximate surface area is 168 Å². The van der Waals surface area contributed by atoms with E-state index in [9.17, 15) is 4.79 Å². The summed E-state index contributed by atoms with van der Waals surface area (Å²) in [6, 6.07) is 17.0. The first-order valence-corrected chi connectivity index (χ1v) is 10.0. The molecule has 0 radical (unpaired) electrons. The van der Waals surface area contributed by atoms with Crippen LogP contribution in [0.4, 0.5) is 0 Å². The van der Waals surface area contributed by atoms with E-state index in [0.29, 0.717) is 24.7 Å². The minimum atomic E-state index is -0.244. The number of carbonyl (C=O) groups excluding carboxylic acids is 1. The number of rotatable bonds is 6. The fourth-order valence-electron chi connectivity index (χ4n) is 3.76. The number of carbonyl (C=O) groups is 1. The summed E-state index contributed by atoms with van der Waals surface area (Å²) in [7, 11) is 0. The predicted octanol–water partition coefficient (Wildman–Crippen LogP) is 5.36. The Kier molecular flexibility index (Phi) is 6.69. The van der Waals surface area contributed by atoms with Crippen molar-refractivity contribution in [3.8, 4) is 0 Å². The van der Waals surface area contributed by atoms with Crippen molar-refractivity contribution in [3.05, 3.63) is 82.4 Å². The van der Waals surface area contributed by atoms with Gasteiger partial charge >= 0.3 is 5.97 Å². The Bertz CT molecular complexity index is 838. The first-order chi connectivity index (χ1) is 13.5. The highest BCUT2D eigenvalue weighted by Gasteiger charge is 2.39. The first-order valence-electron chi connectivity index (χ1n) is 10.0. The molecule has 1 fully saturated rings. The molecule has 3 heteroatoms. The van der Waals surface area contributed by atoms with Crippen molar-refractivity contribution in [1.29, 1.82) is 0 Å². The number of ether oxygens (including phenoxy) is 2. The maximum atomic E-state index is 12.2. The molecule has 0 bridgehead atoms. The molecule has 0 saturated carbocycles. The number of hydrogen-bond donors (Lipinski definition) is 0. The fraction of sp³-hybridized carbons (Fsp3) is 0.400. The second kappa shape index (κ2) is 9.20. The molecule has 0 aromatic heterocycles. The minimum absolute atomic E-state index is 0.0493. The normalized spacial score (nSPS) is 22.3. The number of aryl methyl sites for hydroxylation is 2. The lowest BCUT2D eigenvalue weighted by molar-refractivity contribution is -0.141. The summed E-state index contributed by atoms with van der Waals surface area (Å²) < 4.78 is 11.9. The first kappa shape index (κ1) is 20.3. The van der Waals surface area contributed by atoms with Crippen molar-refractivity contribution in [2.45, 2.75) is 40.2 Å². The lowest BCUT2D eigenvalue weighted by Gasteiger charge is -2.24. The average molecular weight is 379 g/mol. The van der Waals surface area contributed by atoms with Gasteiger partial charge in [-0.2, -0.15) is 0 Å². The monoisotopic (exact) mass is 378 g/mol. The molecule has 1 saturated heterocycles. The van der Waals surface area contributed by atoms with Crippen LogP contribution in [0, 0.1) is 25.7 Å². The van der Waals surface area contributed by atoms with Gasteiger partial charge < -0.3 is 9.47 Å². The molecule has 148 valence electrons. The third-order valence-electron chi connectivity index (χ3n) is 5.85. The number of benzene rings is 2. The van der Waals surface area contributed by atoms with Crippen molar-refractivity contribution in [1.82, 2.24) is 0 Å². The van der Waals surface area contributed by atoms with Crippen LogP contribution in [0.2, 0.25) is 0 Å². The van der Waals surface area contributed by atoms with E-state index in [1.165, 1.54) is 22.3 Å². The fourth-order valence-corrected chi connectivity index (χ4v) is 3.76. The molecule has 1 aliphatic rings. The molecular weight excluding hydrogens is 348 g/mol. The smallest absolute Gasteiger partial charge is 0.333 e. The zero-order chi connectivity index (χ0) is 20.1. The minimum Gasteiger partial charge on any atom is -0.462 e. The Morgan fingerprint density at radius 1 is 1.14 bits per heavy atom. The highest BCUT2D eigenvalue weighted by Crippen LogP contribution is 2.40. The Morgan fingerprint density at radius 3 is 2.57 bits per heavy atom. The molecule has 28 heavy (non-hydrogen) atoms. The van der Waals surface area contributed by atoms with E-state index in [1.54, 1.807) is 13.0 Å². The van der Waals surface area contributed by atoms with Crippen LogP contribution in [0.3, 0.4) is 0 Å². The topological polar surface area (TPSA) is 35.5 Å². The zero-order valence-electron chi connectivity index (χ0n) is 17.3. The van der Waals surface area contributed by atoms with E-state index >= 15 is 0 Å². The molecule has 3 nitrogen and oxygen atoms in total. The van der Waals surface area contributed by atoms with Gasteiger partial charge in [0, 0.05) is 11.5 Å². The van der Waals surface area contributed by atoms with E-state index in [4.69, 9.17) is 9.47 Å². The van der Waals surface area contributed by atoms with Gasteiger partial charge in [0.15, 0.2) is 0 Å². The van der Waals surface area contributed by atoms with Crippen LogP contribution in [0.5, 0.6) is 0 Å². The molecule has 0 spiro atoms. The predicted molar refractivity (Wildman–Crippen MR) is 112 cm³/mol. The number of esters is 1. The Morgan fingerprint density at radius 2 is 1.89 bits per heavy atom. The van der Waals surface area contributed by atoms with E-state index in [0.717, 1.165) is 6.42 Å². The van der Waals surface area contributed by atoms with Gasteiger partial charge in [-0.1, -0.05) is 54.6 Å². The largest absolute Gasteiger partial charge is 0.462 e. The van der Waals surface area contributed by atoms with Crippen LogP contribution >= 0.6 is 0 Å². The summed E-state index contributed by atoms with van der Waals surface area (Å²) >= 11 is 0. The standard InChI is InChI=1S/C25H30O3/c1-5-17(2)25(26)28-16-23-22(14-20-9-7-6-8-10-20)15-27-24(23)21-12-11-18(3)19(4)13-21/h5-13,22-24H,14-16H2,1-4H3/b17-5-/t22-,23-,24?/m0/s1. The molecule has 0 aliphatic carbocycles. The molecule has 1 aliphatic heterocycles. The van der Waals surface area contributed by atoms with Crippen LogP contribution in [0.15, 0.2) is 60.2 Å². The molecule has 1 unspecified atom stereocenters. The highest BCUT2D eigenvalue weighted by molar-refractivity contribution is 5.87. The average Bonchev–Trinajstić information content (AvgIpc) is 3.10. The summed E-state index contributed by atoms with van der Waals surface area (Å²) in [6.45, 7) is 8.93. The van der Waals surface area contributed by atoms with Gasteiger partial charge in [0.1, 0.15) is 0 Å². The SMILES string of the molecule is C/C=C(/C)C(=O)OC[C@@H]1C(c2ccc(C)c(C)c2)OC[C@@H]1Cc1ccccc1. The van der Waals surface area contributed by atoms with Gasteiger partial charge in [-0.3, -0.25) is 0 Å². The van der Waals surface area contributed by atoms with Crippen LogP contribution in [-0.4, -0.2) is 19.2 Å². The van der Waals surface area contributed by atoms with Crippen molar-refractivity contribution in [3.63, 3.8) is 0 Å². The van der Waals surface area contributed by atoms with Crippen molar-refractivity contribution >= 4 is 5.97 Å². The van der Waals surface area contributed by atoms with Crippen LogP contribution in [0.1, 0.15) is 42.2 Å². The molecule has 3 rings (SSSR count). The van der Waals surface area contributed by atoms with Gasteiger partial charge in [0.2, 0.25) is 0 Å². The maximum Gasteiger partial charge on any atom is 0.333 e. The zero-order valence-corrected chi connectivity index (χ0v) is 17.3. The summed E-state index contributed by atoms with van der Waals surface area (Å²) in [4.78, 5) is 12.2. The molecular formula is C25H30O3. The van der Waals surface area contributed by atoms with Crippen molar-refractivity contribution in [2.24, 2.45) is 11.8 Å². The second-order valence-corrected chi connectivity index (χ2v) is 7.78. The molecule has 3 atom stereocenters. The number of allylic oxidation sites excluding steroid dienone is 1. The summed E-state index contributed by atoms with van der Waals surface area (Å²) in [5.74, 6) is 0.204. The van der Waals surface area contributed by atoms with Crippen molar-refractivity contribution < 1.29 is 14.3 Å². The van der Waals surface area contributed by atoms with E-state index in [-0.39, 0.29) is 18.0 Å². The molecule has 2 aromatic rings. The van der Waals surface area contributed by atoms with Crippen molar-refractivity contribution in [2.75, 3.05) is 13.2 Å². The van der Waals surface area contributed by atoms with E-state index < -0.39 is 0 Å². The van der Waals surface area contributed by atoms with Gasteiger partial charge in [0.25, 0.3) is 0 Å². The van der Waals surface area contributed by atoms with E-state index in [1.807, 2.05) is 13.0 Å². The summed E-state index contributed by atoms with van der Waals surface area (Å²) in [5, 5.41) is 0. The van der Waals surface area contributed by atoms with Crippen LogP contribution < -0.4 is 0 Å². The van der Waals surface area contributed by atoms with Gasteiger partial charge in [-0.25, -0.2) is 4.79 Å². The number of hydrogen-bond acceptors (Lipinski definition) is 3. The van der Waals surface area contributed by atoms with Crippen LogP contribution in [0.25, 0.3) is 0 Å². The van der Waals surface area contributed by atoms with Gasteiger partial charge in [-0.15, -0.1) is 0 Å². The quantitative estimate of drug-likeness (QED) is 0.501. The summed E-state index contributed by atoms with van der Waals surface area (Å²) in [5.41, 5.74) is 5.63. The Balaban J connectivity index is 1.81. The second-order valence-electron chi connectivity index (χ2n) is 7.78. The third kappa shape index (κ3) is 4.71.